The number of benzene rings is 1. The van der Waals surface area contributed by atoms with Crippen LogP contribution in [-0.4, -0.2) is 24.3 Å². The molecule has 2 aromatic rings. The van der Waals surface area contributed by atoms with Gasteiger partial charge in [0.1, 0.15) is 5.82 Å². The van der Waals surface area contributed by atoms with E-state index in [1.54, 1.807) is 24.7 Å². The van der Waals surface area contributed by atoms with E-state index < -0.39 is 0 Å². The van der Waals surface area contributed by atoms with Crippen LogP contribution < -0.4 is 0 Å². The molecule has 0 unspecified atom stereocenters. The van der Waals surface area contributed by atoms with Crippen molar-refractivity contribution in [3.8, 4) is 0 Å². The van der Waals surface area contributed by atoms with Crippen LogP contribution in [0.2, 0.25) is 0 Å². The third-order valence-corrected chi connectivity index (χ3v) is 2.90. The molecule has 1 heterocycles. The van der Waals surface area contributed by atoms with Gasteiger partial charge < -0.3 is 9.32 Å². The van der Waals surface area contributed by atoms with Gasteiger partial charge in [-0.25, -0.2) is 4.39 Å². The second kappa shape index (κ2) is 6.29. The van der Waals surface area contributed by atoms with Crippen LogP contribution in [0.15, 0.2) is 47.3 Å². The van der Waals surface area contributed by atoms with Crippen molar-refractivity contribution >= 4 is 5.78 Å². The van der Waals surface area contributed by atoms with E-state index in [1.165, 1.54) is 12.1 Å². The van der Waals surface area contributed by atoms with Crippen LogP contribution in [0.4, 0.5) is 4.39 Å². The van der Waals surface area contributed by atoms with Crippen LogP contribution in [0.25, 0.3) is 0 Å². The van der Waals surface area contributed by atoms with E-state index in [0.29, 0.717) is 18.5 Å². The van der Waals surface area contributed by atoms with E-state index in [1.807, 2.05) is 18.0 Å². The molecule has 100 valence electrons. The Labute approximate surface area is 111 Å². The van der Waals surface area contributed by atoms with E-state index in [9.17, 15) is 9.18 Å². The van der Waals surface area contributed by atoms with Crippen LogP contribution in [0.1, 0.15) is 22.3 Å². The summed E-state index contributed by atoms with van der Waals surface area (Å²) in [7, 11) is 1.94. The minimum absolute atomic E-state index is 0.0430. The second-order valence-corrected chi connectivity index (χ2v) is 4.55. The summed E-state index contributed by atoms with van der Waals surface area (Å²) in [5.74, 6) is -0.420. The van der Waals surface area contributed by atoms with Crippen LogP contribution >= 0.6 is 0 Å². The Morgan fingerprint density at radius 3 is 2.89 bits per heavy atom. The molecule has 0 aliphatic heterocycles. The summed E-state index contributed by atoms with van der Waals surface area (Å²) in [6.07, 6.45) is 3.68. The summed E-state index contributed by atoms with van der Waals surface area (Å²) >= 11 is 0. The van der Waals surface area contributed by atoms with Crippen LogP contribution in [0.3, 0.4) is 0 Å². The molecule has 0 amide bonds. The summed E-state index contributed by atoms with van der Waals surface area (Å²) < 4.78 is 18.0. The zero-order chi connectivity index (χ0) is 13.7. The number of hydrogen-bond acceptors (Lipinski definition) is 3. The zero-order valence-corrected chi connectivity index (χ0v) is 10.8. The normalized spacial score (nSPS) is 10.9. The SMILES string of the molecule is CN(CCC(=O)c1cccc(F)c1)Cc1ccoc1. The highest BCUT2D eigenvalue weighted by molar-refractivity contribution is 5.96. The number of furan rings is 1. The molecule has 0 fully saturated rings. The van der Waals surface area contributed by atoms with Gasteiger partial charge in [-0.1, -0.05) is 12.1 Å². The molecule has 0 saturated heterocycles. The molecule has 4 heteroatoms. The smallest absolute Gasteiger partial charge is 0.164 e. The van der Waals surface area contributed by atoms with E-state index in [2.05, 4.69) is 0 Å². The molecule has 0 radical (unpaired) electrons. The maximum atomic E-state index is 13.0. The fourth-order valence-electron chi connectivity index (χ4n) is 1.87. The van der Waals surface area contributed by atoms with Crippen LogP contribution in [-0.2, 0) is 6.54 Å². The molecule has 0 spiro atoms. The van der Waals surface area contributed by atoms with Gasteiger partial charge in [-0.05, 0) is 25.2 Å². The predicted octanol–water partition coefficient (Wildman–Crippen LogP) is 3.12. The van der Waals surface area contributed by atoms with Crippen molar-refractivity contribution in [3.05, 3.63) is 59.8 Å². The maximum Gasteiger partial charge on any atom is 0.164 e. The summed E-state index contributed by atoms with van der Waals surface area (Å²) in [4.78, 5) is 13.9. The molecule has 1 aromatic heterocycles. The van der Waals surface area contributed by atoms with Gasteiger partial charge in [-0.2, -0.15) is 0 Å². The molecule has 0 aliphatic carbocycles. The van der Waals surface area contributed by atoms with Gasteiger partial charge in [-0.3, -0.25) is 4.79 Å². The average Bonchev–Trinajstić information content (AvgIpc) is 2.88. The Balaban J connectivity index is 1.83. The van der Waals surface area contributed by atoms with Gasteiger partial charge in [0.15, 0.2) is 5.78 Å². The minimum atomic E-state index is -0.377. The number of hydrogen-bond donors (Lipinski definition) is 0. The molecular formula is C15H16FNO2. The number of carbonyl (C=O) groups excluding carboxylic acids is 1. The highest BCUT2D eigenvalue weighted by Gasteiger charge is 2.09. The topological polar surface area (TPSA) is 33.5 Å². The standard InChI is InChI=1S/C15H16FNO2/c1-17(10-12-6-8-19-11-12)7-5-15(18)13-3-2-4-14(16)9-13/h2-4,6,8-9,11H,5,7,10H2,1H3. The molecule has 0 N–H and O–H groups in total. The first-order valence-electron chi connectivity index (χ1n) is 6.13. The van der Waals surface area contributed by atoms with Crippen molar-refractivity contribution in [2.24, 2.45) is 0 Å². The van der Waals surface area contributed by atoms with Crippen molar-refractivity contribution in [1.29, 1.82) is 0 Å². The third-order valence-electron chi connectivity index (χ3n) is 2.90. The highest BCUT2D eigenvalue weighted by Crippen LogP contribution is 2.08. The van der Waals surface area contributed by atoms with E-state index in [-0.39, 0.29) is 11.6 Å². The lowest BCUT2D eigenvalue weighted by Crippen LogP contribution is -2.21. The molecule has 0 aliphatic rings. The summed E-state index contributed by atoms with van der Waals surface area (Å²) in [6, 6.07) is 7.70. The number of nitrogens with zero attached hydrogens (tertiary/aromatic N) is 1. The monoisotopic (exact) mass is 261 g/mol. The van der Waals surface area contributed by atoms with E-state index >= 15 is 0 Å². The average molecular weight is 261 g/mol. The molecule has 0 atom stereocenters. The fourth-order valence-corrected chi connectivity index (χ4v) is 1.87. The Hall–Kier alpha value is -1.94. The van der Waals surface area contributed by atoms with Gasteiger partial charge in [0.25, 0.3) is 0 Å². The van der Waals surface area contributed by atoms with E-state index in [4.69, 9.17) is 4.42 Å². The lowest BCUT2D eigenvalue weighted by molar-refractivity contribution is 0.0967. The molecule has 3 nitrogen and oxygen atoms in total. The van der Waals surface area contributed by atoms with Gasteiger partial charge >= 0.3 is 0 Å². The number of ketones is 1. The number of carbonyl (C=O) groups is 1. The third kappa shape index (κ3) is 4.03. The zero-order valence-electron chi connectivity index (χ0n) is 10.8. The molecule has 0 saturated carbocycles. The molecule has 1 aromatic carbocycles. The second-order valence-electron chi connectivity index (χ2n) is 4.55. The first-order chi connectivity index (χ1) is 9.15. The highest BCUT2D eigenvalue weighted by atomic mass is 19.1. The number of rotatable bonds is 6. The lowest BCUT2D eigenvalue weighted by Gasteiger charge is -2.14. The Bertz CT molecular complexity index is 537. The Morgan fingerprint density at radius 2 is 2.21 bits per heavy atom. The first kappa shape index (κ1) is 13.5. The van der Waals surface area contributed by atoms with Crippen molar-refractivity contribution < 1.29 is 13.6 Å². The predicted molar refractivity (Wildman–Crippen MR) is 70.4 cm³/mol. The largest absolute Gasteiger partial charge is 0.472 e. The fraction of sp³-hybridized carbons (Fsp3) is 0.267. The van der Waals surface area contributed by atoms with Gasteiger partial charge in [0, 0.05) is 30.6 Å². The van der Waals surface area contributed by atoms with Crippen molar-refractivity contribution in [3.63, 3.8) is 0 Å². The summed E-state index contributed by atoms with van der Waals surface area (Å²) in [6.45, 7) is 1.35. The van der Waals surface area contributed by atoms with E-state index in [0.717, 1.165) is 12.1 Å². The summed E-state index contributed by atoms with van der Waals surface area (Å²) in [5, 5.41) is 0. The minimum Gasteiger partial charge on any atom is -0.472 e. The Morgan fingerprint density at radius 1 is 1.37 bits per heavy atom. The molecular weight excluding hydrogens is 245 g/mol. The van der Waals surface area contributed by atoms with Crippen molar-refractivity contribution in [2.45, 2.75) is 13.0 Å². The first-order valence-corrected chi connectivity index (χ1v) is 6.13. The number of Topliss-reactive ketones (excluding diaryl/α,β-unsaturated/α-hetero) is 1. The van der Waals surface area contributed by atoms with Crippen molar-refractivity contribution in [2.75, 3.05) is 13.6 Å². The molecule has 0 bridgehead atoms. The summed E-state index contributed by atoms with van der Waals surface area (Å²) in [5.41, 5.74) is 1.50. The van der Waals surface area contributed by atoms with Gasteiger partial charge in [0.05, 0.1) is 12.5 Å². The molecule has 2 rings (SSSR count). The van der Waals surface area contributed by atoms with Crippen LogP contribution in [0, 0.1) is 5.82 Å². The van der Waals surface area contributed by atoms with Crippen molar-refractivity contribution in [1.82, 2.24) is 4.90 Å². The lowest BCUT2D eigenvalue weighted by atomic mass is 10.1. The quantitative estimate of drug-likeness (QED) is 0.749. The maximum absolute atomic E-state index is 13.0. The number of halogens is 1. The van der Waals surface area contributed by atoms with Gasteiger partial charge in [0.2, 0.25) is 0 Å². The van der Waals surface area contributed by atoms with Gasteiger partial charge in [-0.15, -0.1) is 0 Å². The molecule has 19 heavy (non-hydrogen) atoms. The Kier molecular flexibility index (Phi) is 4.47. The van der Waals surface area contributed by atoms with Crippen LogP contribution in [0.5, 0.6) is 0 Å².